The molecule has 0 bridgehead atoms. The average molecular weight is 200 g/mol. The van der Waals surface area contributed by atoms with Crippen LogP contribution in [-0.4, -0.2) is 10.2 Å². The molecule has 1 aromatic heterocycles. The topological polar surface area (TPSA) is 53.6 Å². The van der Waals surface area contributed by atoms with Gasteiger partial charge in [0.2, 0.25) is 0 Å². The zero-order valence-electron chi connectivity index (χ0n) is 7.77. The van der Waals surface area contributed by atoms with Gasteiger partial charge in [0.05, 0.1) is 5.39 Å². The number of phenolic OH excluding ortho intramolecular Hbond substituents is 2. The zero-order valence-corrected chi connectivity index (χ0v) is 7.77. The molecule has 3 nitrogen and oxygen atoms in total. The molecular weight excluding hydrogens is 192 g/mol. The second-order valence-corrected chi connectivity index (χ2v) is 3.43. The van der Waals surface area contributed by atoms with Crippen LogP contribution in [0.3, 0.4) is 0 Å². The first-order chi connectivity index (χ1) is 7.25. The Balaban J connectivity index is 2.59. The highest BCUT2D eigenvalue weighted by molar-refractivity contribution is 6.08. The van der Waals surface area contributed by atoms with Crippen LogP contribution in [0.2, 0.25) is 0 Å². The van der Waals surface area contributed by atoms with Crippen molar-refractivity contribution in [1.82, 2.24) is 0 Å². The van der Waals surface area contributed by atoms with Gasteiger partial charge in [-0.05, 0) is 24.3 Å². The van der Waals surface area contributed by atoms with Crippen molar-refractivity contribution in [3.8, 4) is 11.5 Å². The van der Waals surface area contributed by atoms with E-state index in [0.717, 1.165) is 5.39 Å². The summed E-state index contributed by atoms with van der Waals surface area (Å²) in [4.78, 5) is 0. The Kier molecular flexibility index (Phi) is 1.45. The van der Waals surface area contributed by atoms with Crippen LogP contribution in [0.1, 0.15) is 0 Å². The standard InChI is InChI=1S/C12H8O3/c13-7-4-5-8-11(6-7)15-10-3-1-2-9(14)12(8)10/h1-6,13-14H. The van der Waals surface area contributed by atoms with Crippen LogP contribution in [0.5, 0.6) is 11.5 Å². The fourth-order valence-corrected chi connectivity index (χ4v) is 1.80. The lowest BCUT2D eigenvalue weighted by Gasteiger charge is -1.93. The predicted molar refractivity (Wildman–Crippen MR) is 57.0 cm³/mol. The lowest BCUT2D eigenvalue weighted by molar-refractivity contribution is 0.475. The first-order valence-electron chi connectivity index (χ1n) is 4.59. The van der Waals surface area contributed by atoms with Crippen molar-refractivity contribution in [1.29, 1.82) is 0 Å². The van der Waals surface area contributed by atoms with E-state index in [1.807, 2.05) is 0 Å². The summed E-state index contributed by atoms with van der Waals surface area (Å²) in [5, 5.41) is 20.5. The number of aromatic hydroxyl groups is 2. The van der Waals surface area contributed by atoms with Crippen LogP contribution < -0.4 is 0 Å². The smallest absolute Gasteiger partial charge is 0.139 e. The average Bonchev–Trinajstić information content (AvgIpc) is 2.56. The van der Waals surface area contributed by atoms with Crippen LogP contribution in [0, 0.1) is 0 Å². The molecule has 2 N–H and O–H groups in total. The molecule has 0 radical (unpaired) electrons. The van der Waals surface area contributed by atoms with E-state index >= 15 is 0 Å². The van der Waals surface area contributed by atoms with Gasteiger partial charge in [-0.25, -0.2) is 0 Å². The quantitative estimate of drug-likeness (QED) is 0.586. The SMILES string of the molecule is Oc1ccc2c(c1)oc1cccc(O)c12. The van der Waals surface area contributed by atoms with Gasteiger partial charge in [-0.2, -0.15) is 0 Å². The molecule has 3 aromatic rings. The Bertz CT molecular complexity index is 652. The number of benzene rings is 2. The molecule has 74 valence electrons. The summed E-state index contributed by atoms with van der Waals surface area (Å²) in [5.41, 5.74) is 1.20. The molecule has 0 aliphatic heterocycles. The van der Waals surface area contributed by atoms with Crippen molar-refractivity contribution in [2.24, 2.45) is 0 Å². The summed E-state index contributed by atoms with van der Waals surface area (Å²) in [6, 6.07) is 9.96. The maximum atomic E-state index is 9.70. The van der Waals surface area contributed by atoms with Gasteiger partial charge >= 0.3 is 0 Å². The monoisotopic (exact) mass is 200 g/mol. The minimum absolute atomic E-state index is 0.154. The molecule has 3 rings (SSSR count). The summed E-state index contributed by atoms with van der Waals surface area (Å²) >= 11 is 0. The van der Waals surface area contributed by atoms with E-state index in [1.165, 1.54) is 6.07 Å². The molecule has 3 heteroatoms. The van der Waals surface area contributed by atoms with Crippen molar-refractivity contribution in [2.75, 3.05) is 0 Å². The van der Waals surface area contributed by atoms with Crippen LogP contribution in [-0.2, 0) is 0 Å². The van der Waals surface area contributed by atoms with Crippen LogP contribution in [0.4, 0.5) is 0 Å². The Labute approximate surface area is 85.2 Å². The maximum absolute atomic E-state index is 9.70. The minimum Gasteiger partial charge on any atom is -0.508 e. The highest BCUT2D eigenvalue weighted by Crippen LogP contribution is 2.35. The molecule has 0 aliphatic rings. The third-order valence-electron chi connectivity index (χ3n) is 2.46. The van der Waals surface area contributed by atoms with Crippen LogP contribution in [0.15, 0.2) is 40.8 Å². The molecule has 0 spiro atoms. The van der Waals surface area contributed by atoms with Crippen LogP contribution in [0.25, 0.3) is 21.9 Å². The van der Waals surface area contributed by atoms with Gasteiger partial charge in [0.15, 0.2) is 0 Å². The molecule has 0 aliphatic carbocycles. The van der Waals surface area contributed by atoms with Crippen LogP contribution >= 0.6 is 0 Å². The van der Waals surface area contributed by atoms with E-state index in [0.29, 0.717) is 16.6 Å². The molecule has 0 amide bonds. The third kappa shape index (κ3) is 1.06. The molecular formula is C12H8O3. The van der Waals surface area contributed by atoms with Gasteiger partial charge in [-0.1, -0.05) is 6.07 Å². The summed E-state index contributed by atoms with van der Waals surface area (Å²) < 4.78 is 5.49. The highest BCUT2D eigenvalue weighted by atomic mass is 16.3. The molecule has 1 heterocycles. The fraction of sp³-hybridized carbons (Fsp3) is 0. The number of hydrogen-bond donors (Lipinski definition) is 2. The molecule has 0 saturated heterocycles. The lowest BCUT2D eigenvalue weighted by Crippen LogP contribution is -1.68. The van der Waals surface area contributed by atoms with Crippen molar-refractivity contribution in [3.63, 3.8) is 0 Å². The largest absolute Gasteiger partial charge is 0.508 e. The Morgan fingerprint density at radius 1 is 0.933 bits per heavy atom. The highest BCUT2D eigenvalue weighted by Gasteiger charge is 2.10. The number of fused-ring (bicyclic) bond motifs is 3. The van der Waals surface area contributed by atoms with E-state index < -0.39 is 0 Å². The second kappa shape index (κ2) is 2.67. The number of furan rings is 1. The fourth-order valence-electron chi connectivity index (χ4n) is 1.80. The van der Waals surface area contributed by atoms with Gasteiger partial charge in [0.25, 0.3) is 0 Å². The summed E-state index contributed by atoms with van der Waals surface area (Å²) in [5.74, 6) is 0.345. The lowest BCUT2D eigenvalue weighted by atomic mass is 10.1. The van der Waals surface area contributed by atoms with E-state index in [9.17, 15) is 10.2 Å². The Morgan fingerprint density at radius 3 is 2.67 bits per heavy atom. The Hall–Kier alpha value is -2.16. The second-order valence-electron chi connectivity index (χ2n) is 3.43. The van der Waals surface area contributed by atoms with E-state index in [4.69, 9.17) is 4.42 Å². The molecule has 0 fully saturated rings. The van der Waals surface area contributed by atoms with Crippen molar-refractivity contribution < 1.29 is 14.6 Å². The summed E-state index contributed by atoms with van der Waals surface area (Å²) in [6.45, 7) is 0. The van der Waals surface area contributed by atoms with Gasteiger partial charge in [0, 0.05) is 11.5 Å². The minimum atomic E-state index is 0.154. The van der Waals surface area contributed by atoms with Crippen molar-refractivity contribution in [3.05, 3.63) is 36.4 Å². The van der Waals surface area contributed by atoms with E-state index in [-0.39, 0.29) is 11.5 Å². The molecule has 0 saturated carbocycles. The number of rotatable bonds is 0. The molecule has 0 unspecified atom stereocenters. The van der Waals surface area contributed by atoms with E-state index in [2.05, 4.69) is 0 Å². The van der Waals surface area contributed by atoms with Gasteiger partial charge in [-0.3, -0.25) is 0 Å². The zero-order chi connectivity index (χ0) is 10.4. The van der Waals surface area contributed by atoms with Gasteiger partial charge in [0.1, 0.15) is 22.7 Å². The first-order valence-corrected chi connectivity index (χ1v) is 4.59. The predicted octanol–water partition coefficient (Wildman–Crippen LogP) is 3.00. The van der Waals surface area contributed by atoms with Crippen molar-refractivity contribution in [2.45, 2.75) is 0 Å². The third-order valence-corrected chi connectivity index (χ3v) is 2.46. The molecule has 0 atom stereocenters. The van der Waals surface area contributed by atoms with Gasteiger partial charge < -0.3 is 14.6 Å². The van der Waals surface area contributed by atoms with Gasteiger partial charge in [-0.15, -0.1) is 0 Å². The Morgan fingerprint density at radius 2 is 1.80 bits per heavy atom. The number of hydrogen-bond acceptors (Lipinski definition) is 3. The van der Waals surface area contributed by atoms with E-state index in [1.54, 1.807) is 30.3 Å². The first kappa shape index (κ1) is 8.17. The molecule has 2 aromatic carbocycles. The summed E-state index contributed by atoms with van der Waals surface area (Å²) in [6.07, 6.45) is 0. The van der Waals surface area contributed by atoms with Crippen molar-refractivity contribution >= 4 is 21.9 Å². The number of phenols is 2. The normalized spacial score (nSPS) is 11.2. The maximum Gasteiger partial charge on any atom is 0.139 e. The molecule has 15 heavy (non-hydrogen) atoms. The summed E-state index contributed by atoms with van der Waals surface area (Å²) in [7, 11) is 0.